The average molecular weight is 690 g/mol. The first-order valence-corrected chi connectivity index (χ1v) is 17.2. The minimum Gasteiger partial charge on any atom is -0.495 e. The molecule has 3 amide bonds. The zero-order valence-corrected chi connectivity index (χ0v) is 28.6. The number of anilines is 2. The number of thioether (sulfide) groups is 1. The molecule has 252 valence electrons. The van der Waals surface area contributed by atoms with E-state index in [0.29, 0.717) is 22.7 Å². The maximum Gasteiger partial charge on any atom is 0.272 e. The molecule has 0 spiro atoms. The molecule has 6 rings (SSSR count). The van der Waals surface area contributed by atoms with Crippen molar-refractivity contribution in [2.75, 3.05) is 17.7 Å². The Hall–Kier alpha value is -6.38. The number of carbonyl (C=O) groups is 3. The maximum atomic E-state index is 13.7. The Morgan fingerprint density at radius 2 is 1.22 bits per heavy atom. The second kappa shape index (κ2) is 16.8. The van der Waals surface area contributed by atoms with Gasteiger partial charge in [-0.15, -0.1) is 11.8 Å². The molecule has 7 nitrogen and oxygen atoms in total. The quantitative estimate of drug-likeness (QED) is 0.0880. The van der Waals surface area contributed by atoms with Crippen LogP contribution in [-0.4, -0.2) is 24.8 Å². The van der Waals surface area contributed by atoms with Crippen LogP contribution in [0.1, 0.15) is 26.7 Å². The Morgan fingerprint density at radius 1 is 0.627 bits per heavy atom. The number of ether oxygens (including phenoxy) is 1. The first-order valence-electron chi connectivity index (χ1n) is 16.3. The molecule has 8 heteroatoms. The van der Waals surface area contributed by atoms with Crippen LogP contribution in [-0.2, 0) is 9.59 Å². The molecule has 0 aliphatic rings. The van der Waals surface area contributed by atoms with Crippen LogP contribution in [0.15, 0.2) is 174 Å². The average Bonchev–Trinajstić information content (AvgIpc) is 3.18. The smallest absolute Gasteiger partial charge is 0.272 e. The van der Waals surface area contributed by atoms with Crippen LogP contribution in [0.25, 0.3) is 17.2 Å². The van der Waals surface area contributed by atoms with Gasteiger partial charge in [0.05, 0.1) is 12.8 Å². The van der Waals surface area contributed by atoms with Crippen LogP contribution in [0.5, 0.6) is 5.75 Å². The summed E-state index contributed by atoms with van der Waals surface area (Å²) in [6, 6.07) is 50.6. The third-order valence-corrected chi connectivity index (χ3v) is 9.20. The third-order valence-electron chi connectivity index (χ3n) is 7.93. The summed E-state index contributed by atoms with van der Waals surface area (Å²) in [5, 5.41) is 8.15. The number of methoxy groups -OCH3 is 1. The van der Waals surface area contributed by atoms with E-state index in [2.05, 4.69) is 16.0 Å². The number of hydrogen-bond donors (Lipinski definition) is 3. The first-order chi connectivity index (χ1) is 25.0. The fourth-order valence-electron chi connectivity index (χ4n) is 5.31. The van der Waals surface area contributed by atoms with Gasteiger partial charge in [-0.3, -0.25) is 14.4 Å². The van der Waals surface area contributed by atoms with Gasteiger partial charge in [-0.1, -0.05) is 115 Å². The van der Waals surface area contributed by atoms with Gasteiger partial charge < -0.3 is 20.7 Å². The standard InChI is InChI=1S/C43H35N3O4S/c1-50-39-20-12-11-19-37(39)45-43(49)40(33-15-7-3-8-16-33)51-36-27-25-35(26-28-36)44-42(48)38(46-41(47)34-17-9-4-10-18-34)29-30-21-23-32(24-22-30)31-13-5-2-6-14-31/h2-29,40H,1H3,(H,44,48)(H,45,49)(H,46,47)/b38-29-. The molecule has 0 aliphatic carbocycles. The molecule has 0 saturated heterocycles. The highest BCUT2D eigenvalue weighted by Crippen LogP contribution is 2.37. The molecule has 51 heavy (non-hydrogen) atoms. The Labute approximate surface area is 301 Å². The van der Waals surface area contributed by atoms with Crippen molar-refractivity contribution in [2.24, 2.45) is 0 Å². The van der Waals surface area contributed by atoms with E-state index in [1.807, 2.05) is 115 Å². The Kier molecular flexibility index (Phi) is 11.4. The molecule has 0 aliphatic heterocycles. The van der Waals surface area contributed by atoms with Gasteiger partial charge in [0.25, 0.3) is 11.8 Å². The van der Waals surface area contributed by atoms with Gasteiger partial charge in [0, 0.05) is 16.1 Å². The zero-order valence-electron chi connectivity index (χ0n) is 27.8. The molecule has 6 aromatic carbocycles. The normalized spacial score (nSPS) is 11.6. The van der Waals surface area contributed by atoms with Gasteiger partial charge in [-0.2, -0.15) is 0 Å². The highest BCUT2D eigenvalue weighted by molar-refractivity contribution is 8.00. The SMILES string of the molecule is COc1ccccc1NC(=O)C(Sc1ccc(NC(=O)/C(=C/c2ccc(-c3ccccc3)cc2)NC(=O)c2ccccc2)cc1)c1ccccc1. The van der Waals surface area contributed by atoms with Crippen LogP contribution in [0.2, 0.25) is 0 Å². The van der Waals surface area contributed by atoms with Crippen molar-refractivity contribution >= 4 is 46.9 Å². The predicted molar refractivity (Wildman–Crippen MR) is 205 cm³/mol. The number of amides is 3. The Morgan fingerprint density at radius 3 is 1.88 bits per heavy atom. The number of rotatable bonds is 12. The lowest BCUT2D eigenvalue weighted by Gasteiger charge is -2.18. The minimum absolute atomic E-state index is 0.0897. The van der Waals surface area contributed by atoms with Crippen molar-refractivity contribution in [3.8, 4) is 16.9 Å². The van der Waals surface area contributed by atoms with E-state index in [-0.39, 0.29) is 11.6 Å². The van der Waals surface area contributed by atoms with Crippen LogP contribution < -0.4 is 20.7 Å². The summed E-state index contributed by atoms with van der Waals surface area (Å²) in [7, 11) is 1.56. The molecule has 0 bridgehead atoms. The molecule has 6 aromatic rings. The lowest BCUT2D eigenvalue weighted by Crippen LogP contribution is -2.30. The zero-order chi connectivity index (χ0) is 35.4. The highest BCUT2D eigenvalue weighted by Gasteiger charge is 2.23. The maximum absolute atomic E-state index is 13.7. The van der Waals surface area contributed by atoms with Gasteiger partial charge in [-0.25, -0.2) is 0 Å². The Bertz CT molecular complexity index is 2120. The topological polar surface area (TPSA) is 96.5 Å². The van der Waals surface area contributed by atoms with Gasteiger partial charge >= 0.3 is 0 Å². The molecular weight excluding hydrogens is 655 g/mol. The highest BCUT2D eigenvalue weighted by atomic mass is 32.2. The molecule has 0 saturated carbocycles. The van der Waals surface area contributed by atoms with Crippen molar-refractivity contribution < 1.29 is 19.1 Å². The largest absolute Gasteiger partial charge is 0.495 e. The van der Waals surface area contributed by atoms with Crippen molar-refractivity contribution in [1.29, 1.82) is 0 Å². The van der Waals surface area contributed by atoms with E-state index in [1.54, 1.807) is 61.7 Å². The lowest BCUT2D eigenvalue weighted by molar-refractivity contribution is -0.116. The number of para-hydroxylation sites is 2. The van der Waals surface area contributed by atoms with E-state index in [0.717, 1.165) is 27.1 Å². The molecule has 3 N–H and O–H groups in total. The fourth-order valence-corrected chi connectivity index (χ4v) is 6.33. The summed E-state index contributed by atoms with van der Waals surface area (Å²) in [4.78, 5) is 41.3. The van der Waals surface area contributed by atoms with Crippen LogP contribution in [0.4, 0.5) is 11.4 Å². The van der Waals surface area contributed by atoms with E-state index in [4.69, 9.17) is 4.74 Å². The fraction of sp³-hybridized carbons (Fsp3) is 0.0465. The van der Waals surface area contributed by atoms with E-state index in [9.17, 15) is 14.4 Å². The van der Waals surface area contributed by atoms with Crippen molar-refractivity contribution in [2.45, 2.75) is 10.1 Å². The third kappa shape index (κ3) is 9.20. The molecule has 1 atom stereocenters. The van der Waals surface area contributed by atoms with Crippen LogP contribution in [0, 0.1) is 0 Å². The Balaban J connectivity index is 1.20. The van der Waals surface area contributed by atoms with E-state index >= 15 is 0 Å². The first kappa shape index (κ1) is 34.5. The number of benzene rings is 6. The van der Waals surface area contributed by atoms with Gasteiger partial charge in [-0.05, 0) is 76.9 Å². The van der Waals surface area contributed by atoms with Gasteiger partial charge in [0.15, 0.2) is 0 Å². The van der Waals surface area contributed by atoms with E-state index in [1.165, 1.54) is 11.8 Å². The second-order valence-electron chi connectivity index (χ2n) is 11.4. The lowest BCUT2D eigenvalue weighted by atomic mass is 10.0. The van der Waals surface area contributed by atoms with E-state index < -0.39 is 17.1 Å². The van der Waals surface area contributed by atoms with Crippen LogP contribution >= 0.6 is 11.8 Å². The number of carbonyl (C=O) groups excluding carboxylic acids is 3. The second-order valence-corrected chi connectivity index (χ2v) is 12.6. The van der Waals surface area contributed by atoms with Crippen molar-refractivity contribution in [1.82, 2.24) is 5.32 Å². The number of hydrogen-bond acceptors (Lipinski definition) is 5. The molecule has 1 unspecified atom stereocenters. The summed E-state index contributed by atoms with van der Waals surface area (Å²) < 4.78 is 5.43. The van der Waals surface area contributed by atoms with Crippen molar-refractivity contribution in [3.63, 3.8) is 0 Å². The van der Waals surface area contributed by atoms with Gasteiger partial charge in [0.1, 0.15) is 16.7 Å². The van der Waals surface area contributed by atoms with Crippen molar-refractivity contribution in [3.05, 3.63) is 186 Å². The predicted octanol–water partition coefficient (Wildman–Crippen LogP) is 9.24. The van der Waals surface area contributed by atoms with Crippen LogP contribution in [0.3, 0.4) is 0 Å². The summed E-state index contributed by atoms with van der Waals surface area (Å²) in [5.41, 5.74) is 5.34. The number of nitrogens with one attached hydrogen (secondary N) is 3. The monoisotopic (exact) mass is 689 g/mol. The summed E-state index contributed by atoms with van der Waals surface area (Å²) >= 11 is 1.39. The summed E-state index contributed by atoms with van der Waals surface area (Å²) in [5.74, 6) is -0.512. The van der Waals surface area contributed by atoms with Gasteiger partial charge in [0.2, 0.25) is 5.91 Å². The molecular formula is C43H35N3O4S. The molecule has 0 aromatic heterocycles. The molecule has 0 fully saturated rings. The molecule has 0 heterocycles. The summed E-state index contributed by atoms with van der Waals surface area (Å²) in [6.07, 6.45) is 1.65. The molecule has 0 radical (unpaired) electrons. The summed E-state index contributed by atoms with van der Waals surface area (Å²) in [6.45, 7) is 0. The minimum atomic E-state index is -0.562.